The van der Waals surface area contributed by atoms with Crippen molar-refractivity contribution in [2.75, 3.05) is 36.4 Å². The number of hydrogen-bond acceptors (Lipinski definition) is 4. The Kier molecular flexibility index (Phi) is 6.17. The molecular weight excluding hydrogens is 350 g/mol. The lowest BCUT2D eigenvalue weighted by atomic mass is 10.0. The Balaban J connectivity index is 1.64. The molecule has 2 heterocycles. The van der Waals surface area contributed by atoms with Crippen molar-refractivity contribution in [3.63, 3.8) is 0 Å². The minimum absolute atomic E-state index is 0.0362. The van der Waals surface area contributed by atoms with Crippen LogP contribution in [0.1, 0.15) is 48.8 Å². The van der Waals surface area contributed by atoms with E-state index in [2.05, 4.69) is 53.1 Å². The normalized spacial score (nSPS) is 14.9. The zero-order chi connectivity index (χ0) is 20.3. The standard InChI is InChI=1S/C22H31N5O/c1-15(2)19-7-9-20(10-8-19)25-22(28)27-12-6-11-26(13-14-27)21-16(3)17(4)23-18(5)24-21/h7-10,15H,6,11-14H2,1-5H3,(H,25,28). The summed E-state index contributed by atoms with van der Waals surface area (Å²) in [6.07, 6.45) is 0.918. The summed E-state index contributed by atoms with van der Waals surface area (Å²) in [5.74, 6) is 2.28. The van der Waals surface area contributed by atoms with Crippen molar-refractivity contribution in [1.82, 2.24) is 14.9 Å². The summed E-state index contributed by atoms with van der Waals surface area (Å²) in [6, 6.07) is 8.08. The molecule has 0 bridgehead atoms. The Hall–Kier alpha value is -2.63. The minimum Gasteiger partial charge on any atom is -0.354 e. The number of aromatic nitrogens is 2. The van der Waals surface area contributed by atoms with Gasteiger partial charge in [0, 0.05) is 43.1 Å². The molecule has 28 heavy (non-hydrogen) atoms. The van der Waals surface area contributed by atoms with Crippen LogP contribution in [0.2, 0.25) is 0 Å². The first-order valence-electron chi connectivity index (χ1n) is 10.1. The molecule has 1 N–H and O–H groups in total. The van der Waals surface area contributed by atoms with Gasteiger partial charge >= 0.3 is 6.03 Å². The van der Waals surface area contributed by atoms with E-state index in [4.69, 9.17) is 0 Å². The van der Waals surface area contributed by atoms with Gasteiger partial charge in [0.2, 0.25) is 0 Å². The summed E-state index contributed by atoms with van der Waals surface area (Å²) < 4.78 is 0. The third kappa shape index (κ3) is 4.61. The third-order valence-electron chi connectivity index (χ3n) is 5.39. The smallest absolute Gasteiger partial charge is 0.321 e. The molecule has 1 aliphatic heterocycles. The Morgan fingerprint density at radius 1 is 1.00 bits per heavy atom. The van der Waals surface area contributed by atoms with Gasteiger partial charge in [-0.2, -0.15) is 0 Å². The largest absolute Gasteiger partial charge is 0.354 e. The molecule has 0 radical (unpaired) electrons. The van der Waals surface area contributed by atoms with Crippen molar-refractivity contribution in [2.24, 2.45) is 0 Å². The second-order valence-corrected chi connectivity index (χ2v) is 7.84. The summed E-state index contributed by atoms with van der Waals surface area (Å²) in [5, 5.41) is 3.03. The average Bonchev–Trinajstić information content (AvgIpc) is 2.91. The number of hydrogen-bond donors (Lipinski definition) is 1. The molecule has 0 aliphatic carbocycles. The van der Waals surface area contributed by atoms with E-state index in [9.17, 15) is 4.79 Å². The van der Waals surface area contributed by atoms with E-state index in [1.54, 1.807) is 0 Å². The fourth-order valence-corrected chi connectivity index (χ4v) is 3.54. The van der Waals surface area contributed by atoms with Gasteiger partial charge in [-0.15, -0.1) is 0 Å². The quantitative estimate of drug-likeness (QED) is 0.862. The first-order chi connectivity index (χ1) is 13.3. The van der Waals surface area contributed by atoms with Crippen molar-refractivity contribution >= 4 is 17.5 Å². The number of nitrogens with zero attached hydrogens (tertiary/aromatic N) is 4. The van der Waals surface area contributed by atoms with Crippen molar-refractivity contribution in [1.29, 1.82) is 0 Å². The number of anilines is 2. The molecule has 1 saturated heterocycles. The van der Waals surface area contributed by atoms with E-state index in [-0.39, 0.29) is 6.03 Å². The number of aryl methyl sites for hydroxylation is 2. The van der Waals surface area contributed by atoms with Gasteiger partial charge in [-0.3, -0.25) is 0 Å². The van der Waals surface area contributed by atoms with Crippen LogP contribution < -0.4 is 10.2 Å². The van der Waals surface area contributed by atoms with Crippen LogP contribution >= 0.6 is 0 Å². The van der Waals surface area contributed by atoms with Gasteiger partial charge in [-0.1, -0.05) is 26.0 Å². The Morgan fingerprint density at radius 3 is 2.39 bits per heavy atom. The topological polar surface area (TPSA) is 61.4 Å². The number of benzene rings is 1. The molecule has 1 aromatic heterocycles. The maximum absolute atomic E-state index is 12.7. The van der Waals surface area contributed by atoms with Crippen molar-refractivity contribution in [3.05, 3.63) is 46.9 Å². The van der Waals surface area contributed by atoms with Crippen LogP contribution in [0.15, 0.2) is 24.3 Å². The molecule has 2 aromatic rings. The van der Waals surface area contributed by atoms with Crippen molar-refractivity contribution in [3.8, 4) is 0 Å². The molecule has 1 aromatic carbocycles. The van der Waals surface area contributed by atoms with Crippen molar-refractivity contribution < 1.29 is 4.79 Å². The number of carbonyl (C=O) groups is 1. The highest BCUT2D eigenvalue weighted by Crippen LogP contribution is 2.22. The number of rotatable bonds is 3. The Labute approximate surface area is 168 Å². The predicted octanol–water partition coefficient (Wildman–Crippen LogP) is 4.27. The Morgan fingerprint density at radius 2 is 1.71 bits per heavy atom. The van der Waals surface area contributed by atoms with E-state index >= 15 is 0 Å². The SMILES string of the molecule is Cc1nc(C)c(C)c(N2CCCN(C(=O)Nc3ccc(C(C)C)cc3)CC2)n1. The van der Waals surface area contributed by atoms with Gasteiger partial charge in [0.1, 0.15) is 11.6 Å². The monoisotopic (exact) mass is 381 g/mol. The van der Waals surface area contributed by atoms with Crippen LogP contribution in [-0.2, 0) is 0 Å². The average molecular weight is 382 g/mol. The first-order valence-corrected chi connectivity index (χ1v) is 10.1. The first kappa shape index (κ1) is 20.1. The molecule has 3 rings (SSSR count). The highest BCUT2D eigenvalue weighted by Gasteiger charge is 2.22. The zero-order valence-electron chi connectivity index (χ0n) is 17.6. The van der Waals surface area contributed by atoms with Crippen molar-refractivity contribution in [2.45, 2.75) is 47.0 Å². The molecule has 0 unspecified atom stereocenters. The lowest BCUT2D eigenvalue weighted by molar-refractivity contribution is 0.215. The highest BCUT2D eigenvalue weighted by molar-refractivity contribution is 5.89. The zero-order valence-corrected chi connectivity index (χ0v) is 17.6. The summed E-state index contributed by atoms with van der Waals surface area (Å²) in [5.41, 5.74) is 4.25. The maximum Gasteiger partial charge on any atom is 0.321 e. The molecule has 0 saturated carbocycles. The van der Waals surface area contributed by atoms with E-state index in [0.717, 1.165) is 54.6 Å². The summed E-state index contributed by atoms with van der Waals surface area (Å²) >= 11 is 0. The Bertz CT molecular complexity index is 832. The van der Waals surface area contributed by atoms with E-state index in [1.807, 2.05) is 30.9 Å². The van der Waals surface area contributed by atoms with Crippen LogP contribution in [-0.4, -0.2) is 47.1 Å². The lowest BCUT2D eigenvalue weighted by Crippen LogP contribution is -2.38. The molecule has 150 valence electrons. The molecule has 1 aliphatic rings. The fraction of sp³-hybridized carbons (Fsp3) is 0.500. The molecule has 2 amide bonds. The molecule has 6 heteroatoms. The number of urea groups is 1. The second kappa shape index (κ2) is 8.59. The minimum atomic E-state index is -0.0362. The highest BCUT2D eigenvalue weighted by atomic mass is 16.2. The van der Waals surface area contributed by atoms with Gasteiger partial charge in [0.25, 0.3) is 0 Å². The van der Waals surface area contributed by atoms with E-state index in [1.165, 1.54) is 5.56 Å². The molecule has 0 atom stereocenters. The number of amides is 2. The second-order valence-electron chi connectivity index (χ2n) is 7.84. The molecule has 0 spiro atoms. The van der Waals surface area contributed by atoms with Crippen LogP contribution in [0.25, 0.3) is 0 Å². The van der Waals surface area contributed by atoms with Gasteiger partial charge in [0.15, 0.2) is 0 Å². The van der Waals surface area contributed by atoms with Crippen LogP contribution in [0, 0.1) is 20.8 Å². The van der Waals surface area contributed by atoms with Gasteiger partial charge in [0.05, 0.1) is 0 Å². The van der Waals surface area contributed by atoms with E-state index < -0.39 is 0 Å². The summed E-state index contributed by atoms with van der Waals surface area (Å²) in [6.45, 7) is 13.4. The summed E-state index contributed by atoms with van der Waals surface area (Å²) in [7, 11) is 0. The molecule has 1 fully saturated rings. The van der Waals surface area contributed by atoms with Crippen LogP contribution in [0.5, 0.6) is 0 Å². The van der Waals surface area contributed by atoms with Crippen LogP contribution in [0.4, 0.5) is 16.3 Å². The van der Waals surface area contributed by atoms with E-state index in [0.29, 0.717) is 12.5 Å². The number of carbonyl (C=O) groups excluding carboxylic acids is 1. The lowest BCUT2D eigenvalue weighted by Gasteiger charge is -2.25. The predicted molar refractivity (Wildman–Crippen MR) is 114 cm³/mol. The van der Waals surface area contributed by atoms with Crippen LogP contribution in [0.3, 0.4) is 0 Å². The van der Waals surface area contributed by atoms with Gasteiger partial charge in [-0.05, 0) is 50.8 Å². The fourth-order valence-electron chi connectivity index (χ4n) is 3.54. The molecule has 6 nitrogen and oxygen atoms in total. The third-order valence-corrected chi connectivity index (χ3v) is 5.39. The van der Waals surface area contributed by atoms with Gasteiger partial charge < -0.3 is 15.1 Å². The van der Waals surface area contributed by atoms with Gasteiger partial charge in [-0.25, -0.2) is 14.8 Å². The summed E-state index contributed by atoms with van der Waals surface area (Å²) in [4.78, 5) is 26.0. The molecular formula is C22H31N5O. The number of nitrogens with one attached hydrogen (secondary N) is 1. The maximum atomic E-state index is 12.7.